The largest absolute Gasteiger partial charge is 0.497 e. The highest BCUT2D eigenvalue weighted by atomic mass is 16.5. The van der Waals surface area contributed by atoms with Gasteiger partial charge >= 0.3 is 0 Å². The lowest BCUT2D eigenvalue weighted by Gasteiger charge is -2.15. The number of carbonyl (C=O) groups excluding carboxylic acids is 1. The monoisotopic (exact) mass is 459 g/mol. The van der Waals surface area contributed by atoms with Crippen LogP contribution in [-0.2, 0) is 6.54 Å². The van der Waals surface area contributed by atoms with E-state index in [1.54, 1.807) is 30.0 Å². The lowest BCUT2D eigenvalue weighted by molar-refractivity contribution is 0.0950. The molecule has 0 spiro atoms. The molecule has 0 radical (unpaired) electrons. The van der Waals surface area contributed by atoms with Gasteiger partial charge < -0.3 is 14.6 Å². The summed E-state index contributed by atoms with van der Waals surface area (Å²) in [6, 6.07) is 14.3. The van der Waals surface area contributed by atoms with Crippen LogP contribution in [0.1, 0.15) is 48.5 Å². The maximum absolute atomic E-state index is 13.3. The standard InChI is InChI=1S/C26H29N5O3/c1-3-4-5-7-14-28-25(32)20-16-21-24(29-22-9-6-8-15-30(22)26(21)33)31(23(20)27)17-18-10-12-19(34-2)13-11-18/h6,8-13,15-16,27H,3-5,7,14,17H2,1-2H3,(H,28,32). The number of carbonyl (C=O) groups is 1. The number of ether oxygens (including phenoxy) is 1. The third kappa shape index (κ3) is 4.71. The van der Waals surface area contributed by atoms with Crippen molar-refractivity contribution in [2.75, 3.05) is 13.7 Å². The molecule has 0 aliphatic heterocycles. The third-order valence-corrected chi connectivity index (χ3v) is 5.88. The van der Waals surface area contributed by atoms with Crippen LogP contribution in [0.5, 0.6) is 5.75 Å². The summed E-state index contributed by atoms with van der Waals surface area (Å²) in [6.07, 6.45) is 5.80. The van der Waals surface area contributed by atoms with Gasteiger partial charge in [-0.05, 0) is 42.3 Å². The SMILES string of the molecule is CCCCCCNC(=O)c1cc2c(=O)n3ccccc3nc2n(Cc2ccc(OC)cc2)c1=N. The van der Waals surface area contributed by atoms with Crippen molar-refractivity contribution < 1.29 is 9.53 Å². The van der Waals surface area contributed by atoms with Crippen LogP contribution < -0.4 is 21.1 Å². The maximum atomic E-state index is 13.3. The van der Waals surface area contributed by atoms with Crippen LogP contribution in [0.3, 0.4) is 0 Å². The van der Waals surface area contributed by atoms with E-state index in [9.17, 15) is 9.59 Å². The predicted molar refractivity (Wildman–Crippen MR) is 131 cm³/mol. The van der Waals surface area contributed by atoms with Crippen LogP contribution in [0.15, 0.2) is 59.5 Å². The average molecular weight is 460 g/mol. The first kappa shape index (κ1) is 23.2. The van der Waals surface area contributed by atoms with Gasteiger partial charge in [0, 0.05) is 12.7 Å². The second-order valence-electron chi connectivity index (χ2n) is 8.24. The van der Waals surface area contributed by atoms with E-state index < -0.39 is 0 Å². The van der Waals surface area contributed by atoms with Crippen LogP contribution in [0.2, 0.25) is 0 Å². The Labute approximate surface area is 197 Å². The Morgan fingerprint density at radius 2 is 1.91 bits per heavy atom. The number of amides is 1. The number of pyridine rings is 2. The Kier molecular flexibility index (Phi) is 7.06. The van der Waals surface area contributed by atoms with Crippen LogP contribution >= 0.6 is 0 Å². The molecule has 4 rings (SSSR count). The van der Waals surface area contributed by atoms with Gasteiger partial charge in [0.1, 0.15) is 22.5 Å². The highest BCUT2D eigenvalue weighted by Crippen LogP contribution is 2.15. The van der Waals surface area contributed by atoms with Crippen molar-refractivity contribution in [1.82, 2.24) is 19.3 Å². The minimum atomic E-state index is -0.357. The van der Waals surface area contributed by atoms with E-state index in [4.69, 9.17) is 10.1 Å². The summed E-state index contributed by atoms with van der Waals surface area (Å²) in [5.74, 6) is 0.368. The zero-order valence-corrected chi connectivity index (χ0v) is 19.5. The molecule has 0 bridgehead atoms. The highest BCUT2D eigenvalue weighted by Gasteiger charge is 2.17. The summed E-state index contributed by atoms with van der Waals surface area (Å²) < 4.78 is 8.31. The van der Waals surface area contributed by atoms with Crippen molar-refractivity contribution in [2.24, 2.45) is 0 Å². The number of unbranched alkanes of at least 4 members (excludes halogenated alkanes) is 3. The van der Waals surface area contributed by atoms with Gasteiger partial charge in [-0.3, -0.25) is 19.4 Å². The summed E-state index contributed by atoms with van der Waals surface area (Å²) in [4.78, 5) is 31.0. The molecule has 3 heterocycles. The summed E-state index contributed by atoms with van der Waals surface area (Å²) in [5, 5.41) is 12.0. The topological polar surface area (TPSA) is 101 Å². The molecule has 1 amide bonds. The summed E-state index contributed by atoms with van der Waals surface area (Å²) in [5.41, 5.74) is 1.65. The van der Waals surface area contributed by atoms with Gasteiger partial charge in [-0.2, -0.15) is 0 Å². The van der Waals surface area contributed by atoms with Gasteiger partial charge in [0.25, 0.3) is 11.5 Å². The molecule has 0 atom stereocenters. The number of rotatable bonds is 9. The number of hydrogen-bond donors (Lipinski definition) is 2. The Morgan fingerprint density at radius 1 is 1.12 bits per heavy atom. The highest BCUT2D eigenvalue weighted by molar-refractivity contribution is 5.96. The second kappa shape index (κ2) is 10.3. The number of benzene rings is 1. The third-order valence-electron chi connectivity index (χ3n) is 5.88. The fourth-order valence-electron chi connectivity index (χ4n) is 3.98. The quantitative estimate of drug-likeness (QED) is 0.295. The predicted octanol–water partition coefficient (Wildman–Crippen LogP) is 3.50. The number of aromatic nitrogens is 3. The molecule has 0 aliphatic rings. The molecule has 8 nitrogen and oxygen atoms in total. The molecule has 0 fully saturated rings. The van der Waals surface area contributed by atoms with Crippen molar-refractivity contribution in [1.29, 1.82) is 5.41 Å². The fraction of sp³-hybridized carbons (Fsp3) is 0.308. The van der Waals surface area contributed by atoms with Gasteiger partial charge in [0.2, 0.25) is 0 Å². The molecule has 1 aromatic carbocycles. The lowest BCUT2D eigenvalue weighted by atomic mass is 10.1. The molecule has 0 saturated carbocycles. The van der Waals surface area contributed by atoms with Gasteiger partial charge in [0.15, 0.2) is 0 Å². The van der Waals surface area contributed by atoms with Gasteiger partial charge in [-0.25, -0.2) is 4.98 Å². The van der Waals surface area contributed by atoms with Crippen molar-refractivity contribution in [2.45, 2.75) is 39.2 Å². The second-order valence-corrected chi connectivity index (χ2v) is 8.24. The van der Waals surface area contributed by atoms with Gasteiger partial charge in [-0.15, -0.1) is 0 Å². The molecule has 176 valence electrons. The molecular weight excluding hydrogens is 430 g/mol. The zero-order chi connectivity index (χ0) is 24.1. The number of nitrogens with zero attached hydrogens (tertiary/aromatic N) is 3. The first-order valence-electron chi connectivity index (χ1n) is 11.5. The molecule has 34 heavy (non-hydrogen) atoms. The number of nitrogens with one attached hydrogen (secondary N) is 2. The Bertz CT molecular complexity index is 1440. The molecule has 0 saturated heterocycles. The first-order valence-corrected chi connectivity index (χ1v) is 11.5. The van der Waals surface area contributed by atoms with E-state index in [0.29, 0.717) is 23.2 Å². The Hall–Kier alpha value is -3.94. The van der Waals surface area contributed by atoms with Crippen molar-refractivity contribution in [3.8, 4) is 5.75 Å². The Balaban J connectivity index is 1.82. The van der Waals surface area contributed by atoms with E-state index in [-0.39, 0.29) is 29.1 Å². The van der Waals surface area contributed by atoms with E-state index in [1.807, 2.05) is 30.3 Å². The molecule has 0 unspecified atom stereocenters. The summed E-state index contributed by atoms with van der Waals surface area (Å²) >= 11 is 0. The Morgan fingerprint density at radius 3 is 2.65 bits per heavy atom. The normalized spacial score (nSPS) is 11.1. The van der Waals surface area contributed by atoms with Crippen LogP contribution in [0.4, 0.5) is 0 Å². The lowest BCUT2D eigenvalue weighted by Crippen LogP contribution is -2.35. The van der Waals surface area contributed by atoms with E-state index >= 15 is 0 Å². The molecule has 0 aliphatic carbocycles. The minimum Gasteiger partial charge on any atom is -0.497 e. The fourth-order valence-corrected chi connectivity index (χ4v) is 3.98. The van der Waals surface area contributed by atoms with Crippen LogP contribution in [-0.4, -0.2) is 33.5 Å². The summed E-state index contributed by atoms with van der Waals surface area (Å²) in [6.45, 7) is 2.95. The smallest absolute Gasteiger partial charge is 0.267 e. The average Bonchev–Trinajstić information content (AvgIpc) is 2.86. The van der Waals surface area contributed by atoms with Gasteiger partial charge in [-0.1, -0.05) is 44.4 Å². The van der Waals surface area contributed by atoms with E-state index in [1.165, 1.54) is 10.5 Å². The van der Waals surface area contributed by atoms with Crippen molar-refractivity contribution in [3.05, 3.63) is 81.7 Å². The summed E-state index contributed by atoms with van der Waals surface area (Å²) in [7, 11) is 1.60. The molecule has 8 heteroatoms. The zero-order valence-electron chi connectivity index (χ0n) is 19.5. The minimum absolute atomic E-state index is 0.0153. The van der Waals surface area contributed by atoms with Gasteiger partial charge in [0.05, 0.1) is 24.6 Å². The molecule has 3 aromatic heterocycles. The van der Waals surface area contributed by atoms with E-state index in [0.717, 1.165) is 37.0 Å². The number of methoxy groups -OCH3 is 1. The number of hydrogen-bond acceptors (Lipinski definition) is 5. The van der Waals surface area contributed by atoms with Crippen LogP contribution in [0, 0.1) is 5.41 Å². The number of fused-ring (bicyclic) bond motifs is 2. The maximum Gasteiger partial charge on any atom is 0.267 e. The molecular formula is C26H29N5O3. The molecule has 2 N–H and O–H groups in total. The molecule has 4 aromatic rings. The van der Waals surface area contributed by atoms with Crippen molar-refractivity contribution >= 4 is 22.6 Å². The van der Waals surface area contributed by atoms with Crippen LogP contribution in [0.25, 0.3) is 16.7 Å². The first-order chi connectivity index (χ1) is 16.5. The van der Waals surface area contributed by atoms with E-state index in [2.05, 4.69) is 17.2 Å². The van der Waals surface area contributed by atoms with Crippen molar-refractivity contribution in [3.63, 3.8) is 0 Å².